The van der Waals surface area contributed by atoms with Crippen LogP contribution in [0.15, 0.2) is 30.3 Å². The molecule has 1 aliphatic carbocycles. The highest BCUT2D eigenvalue weighted by molar-refractivity contribution is 5.82. The third-order valence-electron chi connectivity index (χ3n) is 5.98. The van der Waals surface area contributed by atoms with Crippen LogP contribution in [0, 0.1) is 0 Å². The number of carbonyl (C=O) groups is 1. The van der Waals surface area contributed by atoms with Gasteiger partial charge in [0.15, 0.2) is 0 Å². The molecule has 6 nitrogen and oxygen atoms in total. The lowest BCUT2D eigenvalue weighted by molar-refractivity contribution is 0.226. The number of urea groups is 1. The maximum absolute atomic E-state index is 12.3. The highest BCUT2D eigenvalue weighted by atomic mass is 16.5. The molecule has 0 radical (unpaired) electrons. The zero-order valence-corrected chi connectivity index (χ0v) is 16.6. The van der Waals surface area contributed by atoms with Crippen LogP contribution in [0.5, 0.6) is 5.75 Å². The third-order valence-corrected chi connectivity index (χ3v) is 5.98. The fraction of sp³-hybridized carbons (Fsp3) is 0.545. The van der Waals surface area contributed by atoms with Crippen LogP contribution in [0.25, 0.3) is 10.9 Å². The van der Waals surface area contributed by atoms with Crippen molar-refractivity contribution in [2.75, 3.05) is 25.1 Å². The van der Waals surface area contributed by atoms with Crippen LogP contribution in [-0.4, -0.2) is 43.3 Å². The molecule has 1 aromatic heterocycles. The molecule has 6 heteroatoms. The summed E-state index contributed by atoms with van der Waals surface area (Å²) >= 11 is 0. The van der Waals surface area contributed by atoms with Gasteiger partial charge in [-0.2, -0.15) is 0 Å². The minimum Gasteiger partial charge on any atom is -0.497 e. The zero-order chi connectivity index (χ0) is 19.3. The standard InChI is InChI=1S/C22H30N4O2/c1-28-19-8-9-20-16(15-19)7-10-21(25-20)26-13-11-18(12-14-26)24-22(27)23-17-5-3-2-4-6-17/h7-10,15,17-18H,2-6,11-14H2,1H3,(H2,23,24,27). The molecule has 2 heterocycles. The minimum absolute atomic E-state index is 0.00290. The van der Waals surface area contributed by atoms with E-state index in [1.54, 1.807) is 7.11 Å². The number of nitrogens with zero attached hydrogens (tertiary/aromatic N) is 2. The number of carbonyl (C=O) groups excluding carboxylic acids is 1. The molecule has 0 spiro atoms. The van der Waals surface area contributed by atoms with E-state index in [0.29, 0.717) is 6.04 Å². The molecule has 0 bridgehead atoms. The Morgan fingerprint density at radius 3 is 2.43 bits per heavy atom. The Morgan fingerprint density at radius 1 is 1.00 bits per heavy atom. The van der Waals surface area contributed by atoms with Crippen LogP contribution in [-0.2, 0) is 0 Å². The lowest BCUT2D eigenvalue weighted by Crippen LogP contribution is -2.50. The molecule has 4 rings (SSSR count). The second kappa shape index (κ2) is 8.67. The van der Waals surface area contributed by atoms with E-state index in [1.165, 1.54) is 19.3 Å². The number of hydrogen-bond donors (Lipinski definition) is 2. The van der Waals surface area contributed by atoms with E-state index >= 15 is 0 Å². The van der Waals surface area contributed by atoms with E-state index in [2.05, 4.69) is 27.7 Å². The number of piperidine rings is 1. The molecule has 1 aliphatic heterocycles. The van der Waals surface area contributed by atoms with Gasteiger partial charge in [0.25, 0.3) is 0 Å². The van der Waals surface area contributed by atoms with Gasteiger partial charge in [0.05, 0.1) is 12.6 Å². The lowest BCUT2D eigenvalue weighted by atomic mass is 9.96. The fourth-order valence-corrected chi connectivity index (χ4v) is 4.31. The van der Waals surface area contributed by atoms with Gasteiger partial charge in [-0.15, -0.1) is 0 Å². The quantitative estimate of drug-likeness (QED) is 0.843. The first kappa shape index (κ1) is 18.8. The number of amides is 2. The van der Waals surface area contributed by atoms with E-state index in [4.69, 9.17) is 9.72 Å². The van der Waals surface area contributed by atoms with Gasteiger partial charge in [0, 0.05) is 30.6 Å². The van der Waals surface area contributed by atoms with E-state index in [0.717, 1.165) is 61.2 Å². The van der Waals surface area contributed by atoms with E-state index in [-0.39, 0.29) is 12.1 Å². The van der Waals surface area contributed by atoms with Crippen molar-refractivity contribution in [3.05, 3.63) is 30.3 Å². The molecule has 1 aromatic carbocycles. The largest absolute Gasteiger partial charge is 0.497 e. The summed E-state index contributed by atoms with van der Waals surface area (Å²) in [4.78, 5) is 19.4. The Balaban J connectivity index is 1.30. The van der Waals surface area contributed by atoms with Crippen molar-refractivity contribution in [2.45, 2.75) is 57.0 Å². The number of hydrogen-bond acceptors (Lipinski definition) is 4. The van der Waals surface area contributed by atoms with Gasteiger partial charge in [-0.05, 0) is 56.0 Å². The summed E-state index contributed by atoms with van der Waals surface area (Å²) in [5.41, 5.74) is 0.977. The molecule has 0 unspecified atom stereocenters. The van der Waals surface area contributed by atoms with Crippen molar-refractivity contribution in [2.24, 2.45) is 0 Å². The molecule has 2 amide bonds. The normalized spacial score (nSPS) is 18.8. The Morgan fingerprint density at radius 2 is 1.71 bits per heavy atom. The third kappa shape index (κ3) is 4.49. The smallest absolute Gasteiger partial charge is 0.315 e. The summed E-state index contributed by atoms with van der Waals surface area (Å²) in [5, 5.41) is 7.40. The number of pyridine rings is 1. The number of aromatic nitrogens is 1. The molecule has 2 fully saturated rings. The monoisotopic (exact) mass is 382 g/mol. The molecule has 2 aliphatic rings. The van der Waals surface area contributed by atoms with Crippen LogP contribution in [0.3, 0.4) is 0 Å². The molecular weight excluding hydrogens is 352 g/mol. The first-order valence-corrected chi connectivity index (χ1v) is 10.5. The predicted molar refractivity (Wildman–Crippen MR) is 112 cm³/mol. The van der Waals surface area contributed by atoms with Gasteiger partial charge < -0.3 is 20.3 Å². The zero-order valence-electron chi connectivity index (χ0n) is 16.6. The number of nitrogens with one attached hydrogen (secondary N) is 2. The summed E-state index contributed by atoms with van der Waals surface area (Å²) in [5.74, 6) is 1.85. The maximum atomic E-state index is 12.3. The van der Waals surface area contributed by atoms with Gasteiger partial charge in [0.1, 0.15) is 11.6 Å². The molecule has 2 N–H and O–H groups in total. The molecule has 150 valence electrons. The van der Waals surface area contributed by atoms with E-state index < -0.39 is 0 Å². The van der Waals surface area contributed by atoms with Gasteiger partial charge in [-0.3, -0.25) is 0 Å². The van der Waals surface area contributed by atoms with Gasteiger partial charge in [-0.1, -0.05) is 19.3 Å². The molecule has 0 atom stereocenters. The maximum Gasteiger partial charge on any atom is 0.315 e. The minimum atomic E-state index is 0.00290. The number of ether oxygens (including phenoxy) is 1. The Labute approximate surface area is 166 Å². The topological polar surface area (TPSA) is 66.5 Å². The lowest BCUT2D eigenvalue weighted by Gasteiger charge is -2.33. The number of benzene rings is 1. The number of rotatable bonds is 4. The Bertz CT molecular complexity index is 811. The van der Waals surface area contributed by atoms with E-state index in [1.807, 2.05) is 18.2 Å². The summed E-state index contributed by atoms with van der Waals surface area (Å²) in [7, 11) is 1.68. The summed E-state index contributed by atoms with van der Waals surface area (Å²) in [6, 6.07) is 10.7. The summed E-state index contributed by atoms with van der Waals surface area (Å²) in [6.07, 6.45) is 7.88. The fourth-order valence-electron chi connectivity index (χ4n) is 4.31. The summed E-state index contributed by atoms with van der Waals surface area (Å²) in [6.45, 7) is 1.81. The molecule has 1 saturated heterocycles. The highest BCUT2D eigenvalue weighted by Gasteiger charge is 2.23. The second-order valence-corrected chi connectivity index (χ2v) is 7.94. The van der Waals surface area contributed by atoms with Crippen molar-refractivity contribution in [1.29, 1.82) is 0 Å². The number of anilines is 1. The van der Waals surface area contributed by atoms with Crippen LogP contribution < -0.4 is 20.3 Å². The van der Waals surface area contributed by atoms with Gasteiger partial charge >= 0.3 is 6.03 Å². The first-order chi connectivity index (χ1) is 13.7. The Kier molecular flexibility index (Phi) is 5.84. The summed E-state index contributed by atoms with van der Waals surface area (Å²) < 4.78 is 5.28. The molecule has 28 heavy (non-hydrogen) atoms. The highest BCUT2D eigenvalue weighted by Crippen LogP contribution is 2.24. The van der Waals surface area contributed by atoms with Crippen LogP contribution in [0.2, 0.25) is 0 Å². The molecule has 1 saturated carbocycles. The van der Waals surface area contributed by atoms with Crippen molar-refractivity contribution in [3.63, 3.8) is 0 Å². The van der Waals surface area contributed by atoms with Gasteiger partial charge in [-0.25, -0.2) is 9.78 Å². The van der Waals surface area contributed by atoms with Crippen molar-refractivity contribution >= 4 is 22.8 Å². The predicted octanol–water partition coefficient (Wildman–Crippen LogP) is 3.84. The second-order valence-electron chi connectivity index (χ2n) is 7.94. The van der Waals surface area contributed by atoms with Crippen molar-refractivity contribution in [3.8, 4) is 5.75 Å². The molecule has 2 aromatic rings. The van der Waals surface area contributed by atoms with Gasteiger partial charge in [0.2, 0.25) is 0 Å². The van der Waals surface area contributed by atoms with Crippen molar-refractivity contribution in [1.82, 2.24) is 15.6 Å². The SMILES string of the molecule is COc1ccc2nc(N3CCC(NC(=O)NC4CCCCC4)CC3)ccc2c1. The van der Waals surface area contributed by atoms with E-state index in [9.17, 15) is 4.79 Å². The van der Waals surface area contributed by atoms with Crippen molar-refractivity contribution < 1.29 is 9.53 Å². The van der Waals surface area contributed by atoms with Crippen LogP contribution in [0.4, 0.5) is 10.6 Å². The average Bonchev–Trinajstić information content (AvgIpc) is 2.74. The molecular formula is C22H30N4O2. The Hall–Kier alpha value is -2.50. The van der Waals surface area contributed by atoms with Crippen LogP contribution in [0.1, 0.15) is 44.9 Å². The number of fused-ring (bicyclic) bond motifs is 1. The van der Waals surface area contributed by atoms with Crippen LogP contribution >= 0.6 is 0 Å². The number of methoxy groups -OCH3 is 1. The average molecular weight is 383 g/mol. The first-order valence-electron chi connectivity index (χ1n) is 10.5.